The summed E-state index contributed by atoms with van der Waals surface area (Å²) >= 11 is 0. The number of alkyl halides is 6. The van der Waals surface area contributed by atoms with Gasteiger partial charge in [-0.1, -0.05) is 66.7 Å². The van der Waals surface area contributed by atoms with Crippen molar-refractivity contribution < 1.29 is 36.2 Å². The molecule has 2 aromatic rings. The van der Waals surface area contributed by atoms with E-state index in [0.29, 0.717) is 6.42 Å². The first-order chi connectivity index (χ1) is 13.6. The number of ether oxygens (including phenoxy) is 1. The van der Waals surface area contributed by atoms with Crippen LogP contribution >= 0.6 is 0 Å². The number of aliphatic hydroxyl groups is 1. The van der Waals surface area contributed by atoms with Gasteiger partial charge in [-0.3, -0.25) is 0 Å². The average molecular weight is 416 g/mol. The summed E-state index contributed by atoms with van der Waals surface area (Å²) < 4.78 is 85.6. The van der Waals surface area contributed by atoms with E-state index in [4.69, 9.17) is 4.74 Å². The van der Waals surface area contributed by atoms with Gasteiger partial charge < -0.3 is 9.84 Å². The molecule has 0 aliphatic heterocycles. The van der Waals surface area contributed by atoms with Crippen molar-refractivity contribution in [2.24, 2.45) is 0 Å². The maximum absolute atomic E-state index is 13.4. The van der Waals surface area contributed by atoms with Crippen LogP contribution < -0.4 is 0 Å². The fourth-order valence-corrected chi connectivity index (χ4v) is 3.61. The Bertz CT molecular complexity index is 789. The molecule has 0 saturated carbocycles. The lowest BCUT2D eigenvalue weighted by molar-refractivity contribution is -0.339. The first-order valence-corrected chi connectivity index (χ1v) is 8.87. The first kappa shape index (κ1) is 21.4. The van der Waals surface area contributed by atoms with E-state index in [1.165, 1.54) is 54.6 Å². The van der Waals surface area contributed by atoms with Gasteiger partial charge in [0.15, 0.2) is 0 Å². The molecule has 2 nitrogen and oxygen atoms in total. The highest BCUT2D eigenvalue weighted by Crippen LogP contribution is 2.49. The Kier molecular flexibility index (Phi) is 5.78. The Morgan fingerprint density at radius 1 is 0.793 bits per heavy atom. The lowest BCUT2D eigenvalue weighted by Crippen LogP contribution is -2.51. The van der Waals surface area contributed by atoms with Crippen LogP contribution in [0.25, 0.3) is 0 Å². The minimum Gasteiger partial charge on any atom is -0.389 e. The van der Waals surface area contributed by atoms with E-state index in [-0.39, 0.29) is 23.1 Å². The lowest BCUT2D eigenvalue weighted by Gasteiger charge is -2.41. The van der Waals surface area contributed by atoms with E-state index in [9.17, 15) is 31.4 Å². The largest absolute Gasteiger partial charge is 0.423 e. The molecule has 1 aliphatic carbocycles. The number of benzene rings is 2. The summed E-state index contributed by atoms with van der Waals surface area (Å²) in [6.07, 6.45) is -14.7. The highest BCUT2D eigenvalue weighted by atomic mass is 19.4. The minimum atomic E-state index is -5.70. The minimum absolute atomic E-state index is 0.0339. The van der Waals surface area contributed by atoms with Crippen molar-refractivity contribution in [1.29, 1.82) is 0 Å². The van der Waals surface area contributed by atoms with Crippen molar-refractivity contribution in [1.82, 2.24) is 0 Å². The number of hydrogen-bond acceptors (Lipinski definition) is 2. The molecule has 0 saturated heterocycles. The van der Waals surface area contributed by atoms with Crippen LogP contribution in [0.1, 0.15) is 24.0 Å². The zero-order valence-electron chi connectivity index (χ0n) is 15.0. The van der Waals surface area contributed by atoms with Gasteiger partial charge in [-0.05, 0) is 29.5 Å². The number of aliphatic hydroxyl groups excluding tert-OH is 1. The van der Waals surface area contributed by atoms with Crippen LogP contribution in [0, 0.1) is 0 Å². The molecule has 8 heteroatoms. The summed E-state index contributed by atoms with van der Waals surface area (Å²) in [5.74, 6) is 0. The summed E-state index contributed by atoms with van der Waals surface area (Å²) in [6, 6.07) is 14.7. The highest BCUT2D eigenvalue weighted by Gasteiger charge is 2.62. The molecule has 0 fully saturated rings. The van der Waals surface area contributed by atoms with Gasteiger partial charge in [0.2, 0.25) is 0 Å². The van der Waals surface area contributed by atoms with Gasteiger partial charge in [0.25, 0.3) is 6.10 Å². The van der Waals surface area contributed by atoms with Crippen LogP contribution in [0.15, 0.2) is 72.3 Å². The zero-order valence-corrected chi connectivity index (χ0v) is 15.0. The van der Waals surface area contributed by atoms with Crippen molar-refractivity contribution in [3.63, 3.8) is 0 Å². The topological polar surface area (TPSA) is 29.5 Å². The molecule has 156 valence electrons. The zero-order chi connectivity index (χ0) is 21.3. The third-order valence-electron chi connectivity index (χ3n) is 4.82. The third kappa shape index (κ3) is 4.18. The Morgan fingerprint density at radius 3 is 1.59 bits per heavy atom. The summed E-state index contributed by atoms with van der Waals surface area (Å²) in [7, 11) is 0. The molecule has 0 aromatic heterocycles. The Morgan fingerprint density at radius 2 is 1.24 bits per heavy atom. The smallest absolute Gasteiger partial charge is 0.389 e. The second-order valence-corrected chi connectivity index (χ2v) is 6.75. The van der Waals surface area contributed by atoms with Crippen molar-refractivity contribution in [2.75, 3.05) is 0 Å². The normalized spacial score (nSPS) is 18.2. The summed E-state index contributed by atoms with van der Waals surface area (Å²) in [5.41, 5.74) is -2.16. The Hall–Kier alpha value is -2.32. The van der Waals surface area contributed by atoms with E-state index in [0.717, 1.165) is 0 Å². The number of halogens is 6. The second kappa shape index (κ2) is 7.84. The molecule has 0 heterocycles. The molecule has 0 spiro atoms. The van der Waals surface area contributed by atoms with Gasteiger partial charge in [0, 0.05) is 0 Å². The molecule has 0 amide bonds. The molecule has 29 heavy (non-hydrogen) atoms. The SMILES string of the molecule is O[C@@H]1CCC=C1C(OC(C(F)(F)F)C(F)(F)F)(c1ccccc1)c1ccccc1. The Labute approximate surface area is 163 Å². The van der Waals surface area contributed by atoms with E-state index < -0.39 is 30.2 Å². The van der Waals surface area contributed by atoms with Crippen LogP contribution in [0.4, 0.5) is 26.3 Å². The van der Waals surface area contributed by atoms with Gasteiger partial charge in [0.1, 0.15) is 5.60 Å². The molecule has 0 radical (unpaired) electrons. The lowest BCUT2D eigenvalue weighted by atomic mass is 9.78. The van der Waals surface area contributed by atoms with Gasteiger partial charge in [-0.15, -0.1) is 0 Å². The third-order valence-corrected chi connectivity index (χ3v) is 4.82. The molecule has 1 atom stereocenters. The highest BCUT2D eigenvalue weighted by molar-refractivity contribution is 5.48. The van der Waals surface area contributed by atoms with Crippen molar-refractivity contribution in [3.8, 4) is 0 Å². The molecular weight excluding hydrogens is 398 g/mol. The van der Waals surface area contributed by atoms with E-state index in [1.807, 2.05) is 0 Å². The average Bonchev–Trinajstić information content (AvgIpc) is 3.08. The van der Waals surface area contributed by atoms with E-state index >= 15 is 0 Å². The fraction of sp³-hybridized carbons (Fsp3) is 0.333. The van der Waals surface area contributed by atoms with Gasteiger partial charge in [0.05, 0.1) is 6.10 Å². The summed E-state index contributed by atoms with van der Waals surface area (Å²) in [5, 5.41) is 10.5. The fourth-order valence-electron chi connectivity index (χ4n) is 3.61. The van der Waals surface area contributed by atoms with Crippen LogP contribution in [0.3, 0.4) is 0 Å². The molecular formula is C21H18F6O2. The summed E-state index contributed by atoms with van der Waals surface area (Å²) in [4.78, 5) is 0. The predicted octanol–water partition coefficient (Wildman–Crippen LogP) is 5.52. The van der Waals surface area contributed by atoms with Crippen LogP contribution in [-0.4, -0.2) is 29.7 Å². The monoisotopic (exact) mass is 416 g/mol. The van der Waals surface area contributed by atoms with Gasteiger partial charge >= 0.3 is 12.4 Å². The van der Waals surface area contributed by atoms with E-state index in [1.54, 1.807) is 12.1 Å². The molecule has 1 aliphatic rings. The first-order valence-electron chi connectivity index (χ1n) is 8.87. The van der Waals surface area contributed by atoms with Gasteiger partial charge in [-0.25, -0.2) is 0 Å². The molecule has 0 unspecified atom stereocenters. The van der Waals surface area contributed by atoms with Crippen molar-refractivity contribution in [3.05, 3.63) is 83.4 Å². The number of rotatable bonds is 5. The second-order valence-electron chi connectivity index (χ2n) is 6.75. The van der Waals surface area contributed by atoms with Crippen LogP contribution in [0.5, 0.6) is 0 Å². The van der Waals surface area contributed by atoms with Crippen molar-refractivity contribution in [2.45, 2.75) is 43.0 Å². The molecule has 0 bridgehead atoms. The molecule has 3 rings (SSSR count). The Balaban J connectivity index is 2.30. The van der Waals surface area contributed by atoms with Crippen LogP contribution in [0.2, 0.25) is 0 Å². The van der Waals surface area contributed by atoms with Gasteiger partial charge in [-0.2, -0.15) is 26.3 Å². The predicted molar refractivity (Wildman–Crippen MR) is 94.0 cm³/mol. The molecule has 1 N–H and O–H groups in total. The summed E-state index contributed by atoms with van der Waals surface area (Å²) in [6.45, 7) is 0. The maximum atomic E-state index is 13.4. The number of allylic oxidation sites excluding steroid dienone is 1. The maximum Gasteiger partial charge on any atom is 0.423 e. The van der Waals surface area contributed by atoms with Crippen molar-refractivity contribution >= 4 is 0 Å². The molecule has 2 aromatic carbocycles. The standard InChI is InChI=1S/C21H18F6O2/c22-20(23,24)18(21(25,26)27)29-19(14-8-3-1-4-9-14,15-10-5-2-6-11-15)16-12-7-13-17(16)28/h1-6,8-12,17-18,28H,7,13H2/t17-/m1/s1. The number of hydrogen-bond donors (Lipinski definition) is 1. The van der Waals surface area contributed by atoms with E-state index in [2.05, 4.69) is 0 Å². The van der Waals surface area contributed by atoms with Crippen LogP contribution in [-0.2, 0) is 10.3 Å². The quantitative estimate of drug-likeness (QED) is 0.514.